The molecule has 0 atom stereocenters. The Morgan fingerprint density at radius 2 is 1.86 bits per heavy atom. The Hall–Kier alpha value is -3.32. The molecule has 3 aromatic rings. The molecule has 0 aliphatic carbocycles. The van der Waals surface area contributed by atoms with Gasteiger partial charge in [0.25, 0.3) is 5.91 Å². The minimum Gasteiger partial charge on any atom is -0.497 e. The van der Waals surface area contributed by atoms with Gasteiger partial charge in [0.1, 0.15) is 11.5 Å². The highest BCUT2D eigenvalue weighted by molar-refractivity contribution is 6.31. The quantitative estimate of drug-likeness (QED) is 0.638. The molecule has 0 bridgehead atoms. The summed E-state index contributed by atoms with van der Waals surface area (Å²) in [5, 5.41) is 14.5. The number of hydrogen-bond donors (Lipinski definition) is 2. The fraction of sp³-hybridized carbons (Fsp3) is 0.150. The van der Waals surface area contributed by atoms with Gasteiger partial charge in [-0.1, -0.05) is 17.7 Å². The number of carbonyl (C=O) groups is 1. The maximum atomic E-state index is 12.4. The van der Waals surface area contributed by atoms with Crippen LogP contribution in [0.15, 0.2) is 48.5 Å². The van der Waals surface area contributed by atoms with Crippen molar-refractivity contribution in [2.24, 2.45) is 0 Å². The van der Waals surface area contributed by atoms with Gasteiger partial charge in [-0.2, -0.15) is 0 Å². The average molecular weight is 399 g/mol. The number of nitrogens with zero attached hydrogens (tertiary/aromatic N) is 2. The van der Waals surface area contributed by atoms with E-state index in [0.717, 1.165) is 5.56 Å². The lowest BCUT2D eigenvalue weighted by molar-refractivity contribution is 0.102. The van der Waals surface area contributed by atoms with Gasteiger partial charge >= 0.3 is 0 Å². The zero-order valence-corrected chi connectivity index (χ0v) is 16.4. The summed E-state index contributed by atoms with van der Waals surface area (Å²) in [6.45, 7) is 1.89. The minimum absolute atomic E-state index is 0.188. The van der Waals surface area contributed by atoms with Crippen LogP contribution in [0.1, 0.15) is 16.1 Å². The molecule has 0 radical (unpaired) electrons. The zero-order valence-electron chi connectivity index (χ0n) is 15.6. The number of methoxy groups -OCH3 is 2. The largest absolute Gasteiger partial charge is 0.497 e. The molecule has 1 heterocycles. The molecule has 3 rings (SSSR count). The third kappa shape index (κ3) is 4.50. The normalized spacial score (nSPS) is 10.3. The predicted molar refractivity (Wildman–Crippen MR) is 109 cm³/mol. The van der Waals surface area contributed by atoms with Crippen LogP contribution >= 0.6 is 11.6 Å². The molecular weight excluding hydrogens is 380 g/mol. The Morgan fingerprint density at radius 1 is 1.04 bits per heavy atom. The number of rotatable bonds is 6. The second kappa shape index (κ2) is 8.58. The summed E-state index contributed by atoms with van der Waals surface area (Å²) in [7, 11) is 3.12. The first-order valence-corrected chi connectivity index (χ1v) is 8.78. The van der Waals surface area contributed by atoms with Gasteiger partial charge in [-0.15, -0.1) is 10.2 Å². The number of halogens is 1. The smallest absolute Gasteiger partial charge is 0.276 e. The lowest BCUT2D eigenvalue weighted by atomic mass is 10.2. The third-order valence-electron chi connectivity index (χ3n) is 3.97. The first-order valence-electron chi connectivity index (χ1n) is 8.40. The van der Waals surface area contributed by atoms with E-state index in [9.17, 15) is 4.79 Å². The van der Waals surface area contributed by atoms with Crippen molar-refractivity contribution in [3.05, 3.63) is 64.8 Å². The maximum Gasteiger partial charge on any atom is 0.276 e. The number of anilines is 3. The fourth-order valence-electron chi connectivity index (χ4n) is 2.48. The molecule has 0 saturated carbocycles. The van der Waals surface area contributed by atoms with E-state index in [0.29, 0.717) is 33.7 Å². The van der Waals surface area contributed by atoms with Crippen molar-refractivity contribution in [3.8, 4) is 11.5 Å². The molecule has 2 aromatic carbocycles. The van der Waals surface area contributed by atoms with E-state index < -0.39 is 0 Å². The summed E-state index contributed by atoms with van der Waals surface area (Å²) < 4.78 is 10.5. The SMILES string of the molecule is COc1cccc(NC(=O)c2ccc(Nc3cc(C)c(Cl)cc3OC)nn2)c1. The number of benzene rings is 2. The highest BCUT2D eigenvalue weighted by Crippen LogP contribution is 2.32. The molecule has 28 heavy (non-hydrogen) atoms. The van der Waals surface area contributed by atoms with Gasteiger partial charge in [-0.3, -0.25) is 4.79 Å². The van der Waals surface area contributed by atoms with Crippen LogP contribution in [0.3, 0.4) is 0 Å². The van der Waals surface area contributed by atoms with Crippen molar-refractivity contribution in [2.75, 3.05) is 24.9 Å². The Morgan fingerprint density at radius 3 is 2.54 bits per heavy atom. The van der Waals surface area contributed by atoms with E-state index in [1.165, 1.54) is 0 Å². The van der Waals surface area contributed by atoms with Crippen molar-refractivity contribution in [1.29, 1.82) is 0 Å². The number of amides is 1. The Balaban J connectivity index is 1.73. The first-order chi connectivity index (χ1) is 13.5. The lowest BCUT2D eigenvalue weighted by Gasteiger charge is -2.12. The van der Waals surface area contributed by atoms with Gasteiger partial charge in [0, 0.05) is 22.8 Å². The van der Waals surface area contributed by atoms with Crippen LogP contribution in [-0.4, -0.2) is 30.3 Å². The topological polar surface area (TPSA) is 85.4 Å². The molecule has 0 spiro atoms. The molecule has 7 nitrogen and oxygen atoms in total. The van der Waals surface area contributed by atoms with Crippen LogP contribution in [0.25, 0.3) is 0 Å². The summed E-state index contributed by atoms with van der Waals surface area (Å²) in [4.78, 5) is 12.4. The number of hydrogen-bond acceptors (Lipinski definition) is 6. The molecule has 144 valence electrons. The van der Waals surface area contributed by atoms with Crippen molar-refractivity contribution in [1.82, 2.24) is 10.2 Å². The summed E-state index contributed by atoms with van der Waals surface area (Å²) >= 11 is 6.12. The van der Waals surface area contributed by atoms with E-state index in [2.05, 4.69) is 20.8 Å². The summed E-state index contributed by atoms with van der Waals surface area (Å²) in [5.74, 6) is 1.33. The van der Waals surface area contributed by atoms with E-state index in [-0.39, 0.29) is 11.6 Å². The molecule has 8 heteroatoms. The summed E-state index contributed by atoms with van der Waals surface area (Å²) in [5.41, 5.74) is 2.39. The number of ether oxygens (including phenoxy) is 2. The monoisotopic (exact) mass is 398 g/mol. The molecule has 2 N–H and O–H groups in total. The minimum atomic E-state index is -0.368. The van der Waals surface area contributed by atoms with Crippen LogP contribution in [0.2, 0.25) is 5.02 Å². The lowest BCUT2D eigenvalue weighted by Crippen LogP contribution is -2.14. The average Bonchev–Trinajstić information content (AvgIpc) is 2.71. The number of aryl methyl sites for hydroxylation is 1. The van der Waals surface area contributed by atoms with E-state index in [4.69, 9.17) is 21.1 Å². The van der Waals surface area contributed by atoms with Gasteiger partial charge in [0.15, 0.2) is 11.5 Å². The van der Waals surface area contributed by atoms with E-state index in [1.54, 1.807) is 56.7 Å². The van der Waals surface area contributed by atoms with Gasteiger partial charge in [-0.05, 0) is 42.8 Å². The number of nitrogens with one attached hydrogen (secondary N) is 2. The molecule has 0 fully saturated rings. The molecule has 0 saturated heterocycles. The summed E-state index contributed by atoms with van der Waals surface area (Å²) in [6.07, 6.45) is 0. The standard InChI is InChI=1S/C20H19ClN4O3/c1-12-9-17(18(28-3)11-15(12)21)23-19-8-7-16(24-25-19)20(26)22-13-5-4-6-14(10-13)27-2/h4-11H,1-3H3,(H,22,26)(H,23,25). The van der Waals surface area contributed by atoms with E-state index >= 15 is 0 Å². The van der Waals surface area contributed by atoms with Gasteiger partial charge < -0.3 is 20.1 Å². The maximum absolute atomic E-state index is 12.4. The van der Waals surface area contributed by atoms with Crippen LogP contribution in [0, 0.1) is 6.92 Å². The molecule has 0 unspecified atom stereocenters. The molecular formula is C20H19ClN4O3. The second-order valence-electron chi connectivity index (χ2n) is 5.92. The predicted octanol–water partition coefficient (Wildman–Crippen LogP) is 4.45. The van der Waals surface area contributed by atoms with Crippen molar-refractivity contribution in [2.45, 2.75) is 6.92 Å². The van der Waals surface area contributed by atoms with Crippen molar-refractivity contribution in [3.63, 3.8) is 0 Å². The van der Waals surface area contributed by atoms with Gasteiger partial charge in [0.05, 0.1) is 19.9 Å². The molecule has 0 aliphatic heterocycles. The Labute approximate surface area is 167 Å². The van der Waals surface area contributed by atoms with Gasteiger partial charge in [0.2, 0.25) is 0 Å². The van der Waals surface area contributed by atoms with Crippen LogP contribution in [-0.2, 0) is 0 Å². The number of carbonyl (C=O) groups excluding carboxylic acids is 1. The highest BCUT2D eigenvalue weighted by atomic mass is 35.5. The van der Waals surface area contributed by atoms with Crippen molar-refractivity contribution < 1.29 is 14.3 Å². The summed E-state index contributed by atoms with van der Waals surface area (Å²) in [6, 6.07) is 13.9. The number of aromatic nitrogens is 2. The highest BCUT2D eigenvalue weighted by Gasteiger charge is 2.11. The van der Waals surface area contributed by atoms with Crippen molar-refractivity contribution >= 4 is 34.7 Å². The Bertz CT molecular complexity index is 993. The fourth-order valence-corrected chi connectivity index (χ4v) is 2.64. The molecule has 1 aromatic heterocycles. The Kier molecular flexibility index (Phi) is 5.96. The third-order valence-corrected chi connectivity index (χ3v) is 4.38. The zero-order chi connectivity index (χ0) is 20.1. The first kappa shape index (κ1) is 19.4. The van der Waals surface area contributed by atoms with Crippen LogP contribution in [0.4, 0.5) is 17.2 Å². The second-order valence-corrected chi connectivity index (χ2v) is 6.32. The molecule has 0 aliphatic rings. The molecule has 1 amide bonds. The van der Waals surface area contributed by atoms with Crippen LogP contribution < -0.4 is 20.1 Å². The van der Waals surface area contributed by atoms with Crippen LogP contribution in [0.5, 0.6) is 11.5 Å². The van der Waals surface area contributed by atoms with Gasteiger partial charge in [-0.25, -0.2) is 0 Å². The van der Waals surface area contributed by atoms with E-state index in [1.807, 2.05) is 13.0 Å².